The van der Waals surface area contributed by atoms with Crippen LogP contribution in [0.5, 0.6) is 0 Å². The fraction of sp³-hybridized carbons (Fsp3) is 0.450. The summed E-state index contributed by atoms with van der Waals surface area (Å²) in [4.78, 5) is 32.3. The van der Waals surface area contributed by atoms with Crippen LogP contribution in [0.15, 0.2) is 30.3 Å². The number of hydrogen-bond donors (Lipinski definition) is 1. The average molecular weight is 385 g/mol. The number of nitrogens with one attached hydrogen (secondary N) is 1. The Kier molecular flexibility index (Phi) is 5.50. The summed E-state index contributed by atoms with van der Waals surface area (Å²) in [5, 5.41) is 3.48. The summed E-state index contributed by atoms with van der Waals surface area (Å²) >= 11 is 1.47. The molecule has 2 aliphatic heterocycles. The van der Waals surface area contributed by atoms with Gasteiger partial charge in [-0.05, 0) is 24.8 Å². The molecule has 27 heavy (non-hydrogen) atoms. The number of carbonyl (C=O) groups excluding carboxylic acids is 2. The van der Waals surface area contributed by atoms with Crippen molar-refractivity contribution in [3.05, 3.63) is 46.5 Å². The molecule has 3 heterocycles. The van der Waals surface area contributed by atoms with E-state index < -0.39 is 0 Å². The van der Waals surface area contributed by atoms with Crippen LogP contribution in [0.1, 0.15) is 35.4 Å². The molecule has 142 valence electrons. The number of nitrogens with zero attached hydrogens (tertiary/aromatic N) is 2. The van der Waals surface area contributed by atoms with Crippen LogP contribution in [0, 0.1) is 0 Å². The SMILES string of the molecule is O=C(Nc1nc2c(s1)CN(C(=O)CCc1ccccc1)CC2)C1CCCO1. The van der Waals surface area contributed by atoms with Gasteiger partial charge in [0.15, 0.2) is 5.13 Å². The molecule has 0 aliphatic carbocycles. The molecule has 2 aromatic rings. The molecule has 1 N–H and O–H groups in total. The van der Waals surface area contributed by atoms with Crippen LogP contribution in [0.4, 0.5) is 5.13 Å². The van der Waals surface area contributed by atoms with E-state index in [0.29, 0.717) is 31.2 Å². The highest BCUT2D eigenvalue weighted by Crippen LogP contribution is 2.29. The number of rotatable bonds is 5. The van der Waals surface area contributed by atoms with E-state index in [9.17, 15) is 9.59 Å². The standard InChI is InChI=1S/C20H23N3O3S/c24-18(9-8-14-5-2-1-3-6-14)23-11-10-15-17(13-23)27-20(21-15)22-19(25)16-7-4-12-26-16/h1-3,5-6,16H,4,7-13H2,(H,21,22,25). The quantitative estimate of drug-likeness (QED) is 0.859. The van der Waals surface area contributed by atoms with Gasteiger partial charge in [-0.15, -0.1) is 0 Å². The Balaban J connectivity index is 1.33. The lowest BCUT2D eigenvalue weighted by atomic mass is 10.1. The van der Waals surface area contributed by atoms with Gasteiger partial charge in [-0.3, -0.25) is 14.9 Å². The summed E-state index contributed by atoms with van der Waals surface area (Å²) in [5.41, 5.74) is 2.18. The van der Waals surface area contributed by atoms with Crippen molar-refractivity contribution in [1.29, 1.82) is 0 Å². The average Bonchev–Trinajstić information content (AvgIpc) is 3.35. The first-order valence-electron chi connectivity index (χ1n) is 9.42. The molecule has 1 unspecified atom stereocenters. The molecule has 7 heteroatoms. The number of carbonyl (C=O) groups is 2. The van der Waals surface area contributed by atoms with Gasteiger partial charge in [0.1, 0.15) is 6.10 Å². The van der Waals surface area contributed by atoms with Gasteiger partial charge < -0.3 is 9.64 Å². The van der Waals surface area contributed by atoms with Gasteiger partial charge in [0.2, 0.25) is 5.91 Å². The second-order valence-electron chi connectivity index (χ2n) is 6.93. The second-order valence-corrected chi connectivity index (χ2v) is 8.01. The lowest BCUT2D eigenvalue weighted by Gasteiger charge is -2.26. The number of thiazole rings is 1. The fourth-order valence-electron chi connectivity index (χ4n) is 3.49. The molecular weight excluding hydrogens is 362 g/mol. The Bertz CT molecular complexity index is 815. The summed E-state index contributed by atoms with van der Waals surface area (Å²) in [6.45, 7) is 1.91. The highest BCUT2D eigenvalue weighted by Gasteiger charge is 2.27. The van der Waals surface area contributed by atoms with E-state index in [1.807, 2.05) is 35.2 Å². The molecule has 2 amide bonds. The fourth-order valence-corrected chi connectivity index (χ4v) is 4.51. The van der Waals surface area contributed by atoms with Gasteiger partial charge in [0, 0.05) is 30.9 Å². The van der Waals surface area contributed by atoms with Crippen LogP contribution >= 0.6 is 11.3 Å². The maximum absolute atomic E-state index is 12.6. The molecular formula is C20H23N3O3S. The molecule has 1 aromatic carbocycles. The predicted molar refractivity (Wildman–Crippen MR) is 104 cm³/mol. The van der Waals surface area contributed by atoms with Crippen LogP contribution in [0.3, 0.4) is 0 Å². The summed E-state index contributed by atoms with van der Waals surface area (Å²) in [6.07, 6.45) is 3.34. The van der Waals surface area contributed by atoms with E-state index in [-0.39, 0.29) is 17.9 Å². The molecule has 4 rings (SSSR count). The van der Waals surface area contributed by atoms with Crippen molar-refractivity contribution in [1.82, 2.24) is 9.88 Å². The topological polar surface area (TPSA) is 71.5 Å². The number of amides is 2. The first-order chi connectivity index (χ1) is 13.2. The Morgan fingerprint density at radius 2 is 2.15 bits per heavy atom. The second kappa shape index (κ2) is 8.19. The van der Waals surface area contributed by atoms with E-state index in [0.717, 1.165) is 36.3 Å². The Morgan fingerprint density at radius 3 is 2.93 bits per heavy atom. The van der Waals surface area contributed by atoms with Crippen molar-refractivity contribution in [2.24, 2.45) is 0 Å². The Morgan fingerprint density at radius 1 is 1.30 bits per heavy atom. The first kappa shape index (κ1) is 18.1. The molecule has 1 aromatic heterocycles. The number of aryl methyl sites for hydroxylation is 1. The minimum atomic E-state index is -0.359. The van der Waals surface area contributed by atoms with Gasteiger partial charge in [-0.1, -0.05) is 41.7 Å². The third-order valence-corrected chi connectivity index (χ3v) is 6.00. The minimum absolute atomic E-state index is 0.116. The lowest BCUT2D eigenvalue weighted by Crippen LogP contribution is -2.35. The number of anilines is 1. The summed E-state index contributed by atoms with van der Waals surface area (Å²) in [7, 11) is 0. The zero-order valence-corrected chi connectivity index (χ0v) is 16.0. The van der Waals surface area contributed by atoms with Crippen LogP contribution in [0.2, 0.25) is 0 Å². The van der Waals surface area contributed by atoms with Crippen LogP contribution < -0.4 is 5.32 Å². The van der Waals surface area contributed by atoms with Crippen molar-refractivity contribution in [3.63, 3.8) is 0 Å². The van der Waals surface area contributed by atoms with Crippen LogP contribution in [-0.4, -0.2) is 41.0 Å². The molecule has 0 radical (unpaired) electrons. The first-order valence-corrected chi connectivity index (χ1v) is 10.2. The van der Waals surface area contributed by atoms with Gasteiger partial charge in [0.05, 0.1) is 12.2 Å². The number of benzene rings is 1. The van der Waals surface area contributed by atoms with E-state index in [1.165, 1.54) is 16.9 Å². The van der Waals surface area contributed by atoms with E-state index in [1.54, 1.807) is 0 Å². The smallest absolute Gasteiger partial charge is 0.255 e. The largest absolute Gasteiger partial charge is 0.368 e. The predicted octanol–water partition coefficient (Wildman–Crippen LogP) is 2.78. The number of ether oxygens (including phenoxy) is 1. The molecule has 1 saturated heterocycles. The van der Waals surface area contributed by atoms with Crippen LogP contribution in [-0.2, 0) is 33.7 Å². The highest BCUT2D eigenvalue weighted by molar-refractivity contribution is 7.15. The summed E-state index contributed by atoms with van der Waals surface area (Å²) in [5.74, 6) is 0.0530. The maximum Gasteiger partial charge on any atom is 0.255 e. The molecule has 1 atom stereocenters. The van der Waals surface area contributed by atoms with E-state index in [4.69, 9.17) is 4.74 Å². The Labute approximate surface area is 162 Å². The molecule has 2 aliphatic rings. The maximum atomic E-state index is 12.6. The lowest BCUT2D eigenvalue weighted by molar-refractivity contribution is -0.132. The molecule has 6 nitrogen and oxygen atoms in total. The minimum Gasteiger partial charge on any atom is -0.368 e. The van der Waals surface area contributed by atoms with Crippen molar-refractivity contribution in [2.45, 2.75) is 44.8 Å². The Hall–Kier alpha value is -2.25. The monoisotopic (exact) mass is 385 g/mol. The molecule has 0 bridgehead atoms. The van der Waals surface area contributed by atoms with Crippen molar-refractivity contribution in [3.8, 4) is 0 Å². The summed E-state index contributed by atoms with van der Waals surface area (Å²) in [6, 6.07) is 10.1. The third-order valence-electron chi connectivity index (χ3n) is 5.01. The van der Waals surface area contributed by atoms with Crippen LogP contribution in [0.25, 0.3) is 0 Å². The van der Waals surface area contributed by atoms with Crippen molar-refractivity contribution < 1.29 is 14.3 Å². The molecule has 0 spiro atoms. The zero-order chi connectivity index (χ0) is 18.6. The van der Waals surface area contributed by atoms with Gasteiger partial charge in [-0.2, -0.15) is 0 Å². The van der Waals surface area contributed by atoms with Gasteiger partial charge in [-0.25, -0.2) is 4.98 Å². The molecule has 0 saturated carbocycles. The van der Waals surface area contributed by atoms with E-state index in [2.05, 4.69) is 10.3 Å². The van der Waals surface area contributed by atoms with E-state index >= 15 is 0 Å². The highest BCUT2D eigenvalue weighted by atomic mass is 32.1. The van der Waals surface area contributed by atoms with Gasteiger partial charge >= 0.3 is 0 Å². The number of fused-ring (bicyclic) bond motifs is 1. The molecule has 1 fully saturated rings. The number of aromatic nitrogens is 1. The normalized spacial score (nSPS) is 19.0. The zero-order valence-electron chi connectivity index (χ0n) is 15.1. The van der Waals surface area contributed by atoms with Crippen molar-refractivity contribution >= 4 is 28.3 Å². The third kappa shape index (κ3) is 4.36. The van der Waals surface area contributed by atoms with Gasteiger partial charge in [0.25, 0.3) is 5.91 Å². The van der Waals surface area contributed by atoms with Crippen molar-refractivity contribution in [2.75, 3.05) is 18.5 Å². The summed E-state index contributed by atoms with van der Waals surface area (Å²) < 4.78 is 5.41. The number of hydrogen-bond acceptors (Lipinski definition) is 5.